The molecule has 3 heteroatoms. The highest BCUT2D eigenvalue weighted by Gasteiger charge is 2.15. The summed E-state index contributed by atoms with van der Waals surface area (Å²) in [5, 5.41) is 0. The van der Waals surface area contributed by atoms with E-state index >= 15 is 0 Å². The van der Waals surface area contributed by atoms with Crippen molar-refractivity contribution in [3.8, 4) is 0 Å². The van der Waals surface area contributed by atoms with E-state index in [1.807, 2.05) is 76.4 Å². The van der Waals surface area contributed by atoms with Crippen LogP contribution in [0.1, 0.15) is 27.0 Å². The lowest BCUT2D eigenvalue weighted by molar-refractivity contribution is 0.103. The molecule has 0 aliphatic heterocycles. The van der Waals surface area contributed by atoms with Crippen molar-refractivity contribution in [1.82, 2.24) is 0 Å². The normalized spacial score (nSPS) is 10.5. The van der Waals surface area contributed by atoms with Gasteiger partial charge >= 0.3 is 0 Å². The van der Waals surface area contributed by atoms with E-state index in [-0.39, 0.29) is 5.78 Å². The van der Waals surface area contributed by atoms with E-state index in [1.165, 1.54) is 0 Å². The minimum Gasteiger partial charge on any atom is -0.378 e. The Labute approximate surface area is 133 Å². The molecule has 0 unspecified atom stereocenters. The fourth-order valence-electron chi connectivity index (χ4n) is 2.60. The molecule has 0 N–H and O–H groups in total. The van der Waals surface area contributed by atoms with Gasteiger partial charge in [-0.05, 0) is 61.4 Å². The summed E-state index contributed by atoms with van der Waals surface area (Å²) in [5.74, 6) is 0.0798. The van der Waals surface area contributed by atoms with Gasteiger partial charge < -0.3 is 9.80 Å². The van der Waals surface area contributed by atoms with Crippen molar-refractivity contribution >= 4 is 17.2 Å². The fourth-order valence-corrected chi connectivity index (χ4v) is 2.60. The standard InChI is InChI=1S/C19H24N2O/c1-13-14(2)18(21(5)6)12-11-17(13)19(22)15-7-9-16(10-8-15)20(3)4/h7-12H,1-6H3. The third-order valence-electron chi connectivity index (χ3n) is 4.13. The largest absolute Gasteiger partial charge is 0.378 e. The molecule has 2 aromatic rings. The maximum absolute atomic E-state index is 12.8. The Balaban J connectivity index is 2.39. The lowest BCUT2D eigenvalue weighted by Gasteiger charge is -2.19. The van der Waals surface area contributed by atoms with Gasteiger partial charge in [0, 0.05) is 50.7 Å². The summed E-state index contributed by atoms with van der Waals surface area (Å²) >= 11 is 0. The van der Waals surface area contributed by atoms with Crippen LogP contribution in [0.5, 0.6) is 0 Å². The monoisotopic (exact) mass is 296 g/mol. The van der Waals surface area contributed by atoms with Crippen LogP contribution in [-0.2, 0) is 0 Å². The maximum Gasteiger partial charge on any atom is 0.193 e. The lowest BCUT2D eigenvalue weighted by atomic mass is 9.94. The number of benzene rings is 2. The Morgan fingerprint density at radius 3 is 1.86 bits per heavy atom. The Morgan fingerprint density at radius 1 is 0.773 bits per heavy atom. The molecule has 0 bridgehead atoms. The van der Waals surface area contributed by atoms with Crippen molar-refractivity contribution in [2.24, 2.45) is 0 Å². The summed E-state index contributed by atoms with van der Waals surface area (Å²) in [4.78, 5) is 16.8. The van der Waals surface area contributed by atoms with Gasteiger partial charge in [0.15, 0.2) is 5.78 Å². The Kier molecular flexibility index (Phi) is 4.55. The highest BCUT2D eigenvalue weighted by atomic mass is 16.1. The number of anilines is 2. The molecule has 0 radical (unpaired) electrons. The van der Waals surface area contributed by atoms with E-state index in [1.54, 1.807) is 0 Å². The average molecular weight is 296 g/mol. The molecule has 0 amide bonds. The van der Waals surface area contributed by atoms with Crippen molar-refractivity contribution in [3.63, 3.8) is 0 Å². The molecule has 2 aromatic carbocycles. The topological polar surface area (TPSA) is 23.6 Å². The van der Waals surface area contributed by atoms with Crippen LogP contribution >= 0.6 is 0 Å². The minimum atomic E-state index is 0.0798. The van der Waals surface area contributed by atoms with Crippen LogP contribution < -0.4 is 9.80 Å². The molecular formula is C19H24N2O. The van der Waals surface area contributed by atoms with Crippen molar-refractivity contribution in [2.75, 3.05) is 38.0 Å². The number of hydrogen-bond acceptors (Lipinski definition) is 3. The molecule has 0 aliphatic rings. The Bertz CT molecular complexity index is 685. The molecular weight excluding hydrogens is 272 g/mol. The average Bonchev–Trinajstić information content (AvgIpc) is 2.49. The lowest BCUT2D eigenvalue weighted by Crippen LogP contribution is -2.13. The van der Waals surface area contributed by atoms with Gasteiger partial charge in [-0.25, -0.2) is 0 Å². The highest BCUT2D eigenvalue weighted by Crippen LogP contribution is 2.26. The van der Waals surface area contributed by atoms with Gasteiger partial charge in [0.1, 0.15) is 0 Å². The molecule has 0 aromatic heterocycles. The van der Waals surface area contributed by atoms with E-state index in [2.05, 4.69) is 11.8 Å². The van der Waals surface area contributed by atoms with Gasteiger partial charge in [-0.1, -0.05) is 0 Å². The predicted molar refractivity (Wildman–Crippen MR) is 94.4 cm³/mol. The van der Waals surface area contributed by atoms with E-state index in [0.717, 1.165) is 33.6 Å². The van der Waals surface area contributed by atoms with E-state index in [4.69, 9.17) is 0 Å². The summed E-state index contributed by atoms with van der Waals surface area (Å²) in [5.41, 5.74) is 5.95. The van der Waals surface area contributed by atoms with Crippen LogP contribution in [0, 0.1) is 13.8 Å². The predicted octanol–water partition coefficient (Wildman–Crippen LogP) is 3.67. The van der Waals surface area contributed by atoms with Gasteiger partial charge in [0.25, 0.3) is 0 Å². The molecule has 0 aliphatic carbocycles. The first-order chi connectivity index (χ1) is 10.3. The second-order valence-corrected chi connectivity index (χ2v) is 6.05. The van der Waals surface area contributed by atoms with E-state index < -0.39 is 0 Å². The molecule has 0 spiro atoms. The molecule has 116 valence electrons. The third kappa shape index (κ3) is 2.98. The summed E-state index contributed by atoms with van der Waals surface area (Å²) in [6.45, 7) is 4.08. The zero-order valence-electron chi connectivity index (χ0n) is 14.3. The van der Waals surface area contributed by atoms with Crippen molar-refractivity contribution < 1.29 is 4.79 Å². The first-order valence-corrected chi connectivity index (χ1v) is 7.42. The van der Waals surface area contributed by atoms with Crippen LogP contribution in [0.15, 0.2) is 36.4 Å². The number of rotatable bonds is 4. The summed E-state index contributed by atoms with van der Waals surface area (Å²) in [6.07, 6.45) is 0. The van der Waals surface area contributed by atoms with Gasteiger partial charge in [-0.2, -0.15) is 0 Å². The Morgan fingerprint density at radius 2 is 1.36 bits per heavy atom. The van der Waals surface area contributed by atoms with Gasteiger partial charge in [-0.15, -0.1) is 0 Å². The third-order valence-corrected chi connectivity index (χ3v) is 4.13. The molecule has 0 saturated carbocycles. The molecule has 0 saturated heterocycles. The van der Waals surface area contributed by atoms with Crippen LogP contribution in [0.4, 0.5) is 11.4 Å². The number of hydrogen-bond donors (Lipinski definition) is 0. The first kappa shape index (κ1) is 16.1. The molecule has 0 heterocycles. The van der Waals surface area contributed by atoms with Gasteiger partial charge in [0.2, 0.25) is 0 Å². The van der Waals surface area contributed by atoms with Crippen LogP contribution in [-0.4, -0.2) is 34.0 Å². The Hall–Kier alpha value is -2.29. The SMILES string of the molecule is Cc1c(C(=O)c2ccc(N(C)C)cc2)ccc(N(C)C)c1C. The zero-order valence-corrected chi connectivity index (χ0v) is 14.3. The van der Waals surface area contributed by atoms with E-state index in [9.17, 15) is 4.79 Å². The van der Waals surface area contributed by atoms with Crippen LogP contribution in [0.2, 0.25) is 0 Å². The number of carbonyl (C=O) groups is 1. The van der Waals surface area contributed by atoms with Crippen molar-refractivity contribution in [3.05, 3.63) is 58.7 Å². The molecule has 2 rings (SSSR count). The number of ketones is 1. The first-order valence-electron chi connectivity index (χ1n) is 7.42. The smallest absolute Gasteiger partial charge is 0.193 e. The van der Waals surface area contributed by atoms with Gasteiger partial charge in [-0.3, -0.25) is 4.79 Å². The van der Waals surface area contributed by atoms with Gasteiger partial charge in [0.05, 0.1) is 0 Å². The minimum absolute atomic E-state index is 0.0798. The fraction of sp³-hybridized carbons (Fsp3) is 0.316. The summed E-state index contributed by atoms with van der Waals surface area (Å²) in [7, 11) is 8.01. The number of carbonyl (C=O) groups excluding carboxylic acids is 1. The van der Waals surface area contributed by atoms with Crippen molar-refractivity contribution in [1.29, 1.82) is 0 Å². The molecule has 0 fully saturated rings. The molecule has 3 nitrogen and oxygen atoms in total. The summed E-state index contributed by atoms with van der Waals surface area (Å²) in [6, 6.07) is 11.7. The van der Waals surface area contributed by atoms with Crippen molar-refractivity contribution in [2.45, 2.75) is 13.8 Å². The van der Waals surface area contributed by atoms with E-state index in [0.29, 0.717) is 0 Å². The van der Waals surface area contributed by atoms with Crippen LogP contribution in [0.3, 0.4) is 0 Å². The summed E-state index contributed by atoms with van der Waals surface area (Å²) < 4.78 is 0. The maximum atomic E-state index is 12.8. The number of nitrogens with zero attached hydrogens (tertiary/aromatic N) is 2. The van der Waals surface area contributed by atoms with Crippen LogP contribution in [0.25, 0.3) is 0 Å². The quantitative estimate of drug-likeness (QED) is 0.804. The zero-order chi connectivity index (χ0) is 16.4. The molecule has 22 heavy (non-hydrogen) atoms. The highest BCUT2D eigenvalue weighted by molar-refractivity contribution is 6.10. The molecule has 0 atom stereocenters. The second kappa shape index (κ2) is 6.22. The second-order valence-electron chi connectivity index (χ2n) is 6.05.